The van der Waals surface area contributed by atoms with Gasteiger partial charge in [0.05, 0.1) is 0 Å². The van der Waals surface area contributed by atoms with Crippen LogP contribution in [0, 0.1) is 5.92 Å². The fourth-order valence-electron chi connectivity index (χ4n) is 9.13. The van der Waals surface area contributed by atoms with Crippen LogP contribution >= 0.6 is 0 Å². The lowest BCUT2D eigenvalue weighted by atomic mass is 9.87. The third-order valence-electron chi connectivity index (χ3n) is 12.7. The highest BCUT2D eigenvalue weighted by Gasteiger charge is 2.37. The SMILES string of the molecule is CCCCCCCCCCCCCCCCC(=O)N(C(CCCCCCC)CCCCCCC)C(CC1CCN(C)CC1)C(=O)NC1CCCCC1. The molecule has 1 heterocycles. The first-order chi connectivity index (χ1) is 25.5. The average molecular weight is 730 g/mol. The Morgan fingerprint density at radius 2 is 1.00 bits per heavy atom. The molecule has 0 aromatic carbocycles. The van der Waals surface area contributed by atoms with Crippen molar-refractivity contribution in [2.75, 3.05) is 20.1 Å². The van der Waals surface area contributed by atoms with Crippen molar-refractivity contribution < 1.29 is 9.59 Å². The molecule has 306 valence electrons. The van der Waals surface area contributed by atoms with E-state index in [-0.39, 0.29) is 29.9 Å². The topological polar surface area (TPSA) is 52.7 Å². The van der Waals surface area contributed by atoms with Crippen LogP contribution in [0.25, 0.3) is 0 Å². The first kappa shape index (κ1) is 47.1. The van der Waals surface area contributed by atoms with Gasteiger partial charge in [0.1, 0.15) is 6.04 Å². The number of nitrogens with zero attached hydrogens (tertiary/aromatic N) is 2. The predicted molar refractivity (Wildman–Crippen MR) is 226 cm³/mol. The molecule has 1 saturated carbocycles. The van der Waals surface area contributed by atoms with E-state index in [0.29, 0.717) is 12.3 Å². The van der Waals surface area contributed by atoms with Gasteiger partial charge in [0.25, 0.3) is 0 Å². The molecule has 1 atom stereocenters. The number of hydrogen-bond donors (Lipinski definition) is 1. The second kappa shape index (κ2) is 32.2. The molecule has 0 spiro atoms. The quantitative estimate of drug-likeness (QED) is 0.0684. The molecule has 5 nitrogen and oxygen atoms in total. The molecule has 1 aliphatic carbocycles. The Balaban J connectivity index is 2.09. The van der Waals surface area contributed by atoms with Crippen molar-refractivity contribution in [1.82, 2.24) is 15.1 Å². The fraction of sp³-hybridized carbons (Fsp3) is 0.957. The molecular formula is C47H91N3O2. The van der Waals surface area contributed by atoms with Crippen LogP contribution in [-0.2, 0) is 9.59 Å². The molecular weight excluding hydrogens is 639 g/mol. The highest BCUT2D eigenvalue weighted by molar-refractivity contribution is 5.88. The normalized spacial score (nSPS) is 16.8. The van der Waals surface area contributed by atoms with E-state index in [0.717, 1.165) is 70.9 Å². The van der Waals surface area contributed by atoms with Crippen molar-refractivity contribution >= 4 is 11.8 Å². The molecule has 5 heteroatoms. The summed E-state index contributed by atoms with van der Waals surface area (Å²) in [6.45, 7) is 9.08. The van der Waals surface area contributed by atoms with Gasteiger partial charge in [-0.2, -0.15) is 0 Å². The lowest BCUT2D eigenvalue weighted by Gasteiger charge is -2.41. The maximum absolute atomic E-state index is 14.6. The van der Waals surface area contributed by atoms with E-state index in [1.165, 1.54) is 161 Å². The first-order valence-corrected chi connectivity index (χ1v) is 23.8. The number of hydrogen-bond acceptors (Lipinski definition) is 3. The minimum Gasteiger partial charge on any atom is -0.352 e. The molecule has 1 aliphatic heterocycles. The zero-order chi connectivity index (χ0) is 37.5. The average Bonchev–Trinajstić information content (AvgIpc) is 3.15. The number of piperidine rings is 1. The summed E-state index contributed by atoms with van der Waals surface area (Å²) in [6, 6.07) is 0.159. The molecule has 0 aromatic rings. The number of carbonyl (C=O) groups excluding carboxylic acids is 2. The highest BCUT2D eigenvalue weighted by atomic mass is 16.2. The smallest absolute Gasteiger partial charge is 0.243 e. The molecule has 0 radical (unpaired) electrons. The number of carbonyl (C=O) groups is 2. The largest absolute Gasteiger partial charge is 0.352 e. The number of unbranched alkanes of at least 4 members (excludes halogenated alkanes) is 21. The van der Waals surface area contributed by atoms with Gasteiger partial charge >= 0.3 is 0 Å². The van der Waals surface area contributed by atoms with Gasteiger partial charge in [-0.3, -0.25) is 9.59 Å². The molecule has 1 N–H and O–H groups in total. The van der Waals surface area contributed by atoms with E-state index in [9.17, 15) is 9.59 Å². The van der Waals surface area contributed by atoms with Gasteiger partial charge in [0.2, 0.25) is 11.8 Å². The summed E-state index contributed by atoms with van der Waals surface area (Å²) in [4.78, 5) is 33.8. The summed E-state index contributed by atoms with van der Waals surface area (Å²) >= 11 is 0. The second-order valence-electron chi connectivity index (χ2n) is 17.5. The molecule has 2 aliphatic rings. The van der Waals surface area contributed by atoms with E-state index >= 15 is 0 Å². The number of amides is 2. The van der Waals surface area contributed by atoms with Gasteiger partial charge in [0, 0.05) is 18.5 Å². The maximum Gasteiger partial charge on any atom is 0.243 e. The summed E-state index contributed by atoms with van der Waals surface area (Å²) in [5.74, 6) is 0.967. The van der Waals surface area contributed by atoms with E-state index in [1.54, 1.807) is 0 Å². The Hall–Kier alpha value is -1.10. The summed E-state index contributed by atoms with van der Waals surface area (Å²) in [5, 5.41) is 3.55. The van der Waals surface area contributed by atoms with Gasteiger partial charge in [-0.05, 0) is 77.4 Å². The Bertz CT molecular complexity index is 820. The van der Waals surface area contributed by atoms with Crippen molar-refractivity contribution in [1.29, 1.82) is 0 Å². The molecule has 2 fully saturated rings. The number of rotatable bonds is 33. The van der Waals surface area contributed by atoms with Gasteiger partial charge in [0.15, 0.2) is 0 Å². The van der Waals surface area contributed by atoms with Crippen molar-refractivity contribution in [3.8, 4) is 0 Å². The summed E-state index contributed by atoms with van der Waals surface area (Å²) in [7, 11) is 2.23. The van der Waals surface area contributed by atoms with Crippen LogP contribution in [0.3, 0.4) is 0 Å². The van der Waals surface area contributed by atoms with Crippen LogP contribution in [0.5, 0.6) is 0 Å². The predicted octanol–water partition coefficient (Wildman–Crippen LogP) is 13.3. The number of likely N-dealkylation sites (tertiary alicyclic amines) is 1. The summed E-state index contributed by atoms with van der Waals surface area (Å²) in [5.41, 5.74) is 0. The monoisotopic (exact) mass is 730 g/mol. The molecule has 1 saturated heterocycles. The first-order valence-electron chi connectivity index (χ1n) is 23.8. The van der Waals surface area contributed by atoms with Crippen LogP contribution in [0.15, 0.2) is 0 Å². The Labute approximate surface area is 325 Å². The van der Waals surface area contributed by atoms with Gasteiger partial charge in [-0.1, -0.05) is 188 Å². The Kier molecular flexibility index (Phi) is 29.1. The van der Waals surface area contributed by atoms with Gasteiger partial charge < -0.3 is 15.1 Å². The minimum atomic E-state index is -0.314. The molecule has 2 rings (SSSR count). The highest BCUT2D eigenvalue weighted by Crippen LogP contribution is 2.30. The zero-order valence-electron chi connectivity index (χ0n) is 35.7. The van der Waals surface area contributed by atoms with E-state index < -0.39 is 0 Å². The van der Waals surface area contributed by atoms with Gasteiger partial charge in [-0.15, -0.1) is 0 Å². The van der Waals surface area contributed by atoms with Crippen molar-refractivity contribution in [3.63, 3.8) is 0 Å². The van der Waals surface area contributed by atoms with Crippen LogP contribution < -0.4 is 5.32 Å². The van der Waals surface area contributed by atoms with Crippen LogP contribution in [0.4, 0.5) is 0 Å². The van der Waals surface area contributed by atoms with E-state index in [4.69, 9.17) is 0 Å². The van der Waals surface area contributed by atoms with E-state index in [1.807, 2.05) is 0 Å². The standard InChI is InChI=1S/C47H91N3O2/c1-5-8-11-14-15-16-17-18-19-20-21-22-25-31-36-46(51)50(44(34-29-23-12-9-6-2)35-30-24-13-10-7-3)45(41-42-37-39-49(4)40-38-42)47(52)48-43-32-27-26-28-33-43/h42-45H,5-41H2,1-4H3,(H,48,52). The van der Waals surface area contributed by atoms with E-state index in [2.05, 4.69) is 42.9 Å². The maximum atomic E-state index is 14.6. The molecule has 0 aromatic heterocycles. The minimum absolute atomic E-state index is 0.169. The van der Waals surface area contributed by atoms with Crippen LogP contribution in [-0.4, -0.2) is 59.9 Å². The lowest BCUT2D eigenvalue weighted by Crippen LogP contribution is -2.56. The van der Waals surface area contributed by atoms with Crippen LogP contribution in [0.2, 0.25) is 0 Å². The molecule has 1 unspecified atom stereocenters. The lowest BCUT2D eigenvalue weighted by molar-refractivity contribution is -0.145. The summed E-state index contributed by atoms with van der Waals surface area (Å²) < 4.78 is 0. The van der Waals surface area contributed by atoms with Crippen molar-refractivity contribution in [3.05, 3.63) is 0 Å². The third-order valence-corrected chi connectivity index (χ3v) is 12.7. The van der Waals surface area contributed by atoms with Crippen molar-refractivity contribution in [2.24, 2.45) is 5.92 Å². The Morgan fingerprint density at radius 3 is 1.46 bits per heavy atom. The fourth-order valence-corrected chi connectivity index (χ4v) is 9.13. The zero-order valence-corrected chi connectivity index (χ0v) is 35.7. The van der Waals surface area contributed by atoms with Gasteiger partial charge in [-0.25, -0.2) is 0 Å². The number of nitrogens with one attached hydrogen (secondary N) is 1. The van der Waals surface area contributed by atoms with Crippen LogP contribution in [0.1, 0.15) is 245 Å². The van der Waals surface area contributed by atoms with Crippen molar-refractivity contribution in [2.45, 2.75) is 264 Å². The molecule has 2 amide bonds. The molecule has 52 heavy (non-hydrogen) atoms. The molecule has 0 bridgehead atoms. The summed E-state index contributed by atoms with van der Waals surface area (Å²) in [6.07, 6.45) is 42.8. The second-order valence-corrected chi connectivity index (χ2v) is 17.5. The Morgan fingerprint density at radius 1 is 0.577 bits per heavy atom. The third kappa shape index (κ3) is 22.3.